The third-order valence-electron chi connectivity index (χ3n) is 5.01. The maximum Gasteiger partial charge on any atom is 0.416 e. The van der Waals surface area contributed by atoms with Gasteiger partial charge in [0.05, 0.1) is 17.0 Å². The van der Waals surface area contributed by atoms with Crippen molar-refractivity contribution in [1.29, 1.82) is 0 Å². The van der Waals surface area contributed by atoms with E-state index in [2.05, 4.69) is 0 Å². The second-order valence-corrected chi connectivity index (χ2v) is 9.33. The molecule has 0 spiro atoms. The summed E-state index contributed by atoms with van der Waals surface area (Å²) in [7, 11) is -4.41. The normalized spacial score (nSPS) is 14.9. The Kier molecular flexibility index (Phi) is 7.08. The van der Waals surface area contributed by atoms with Crippen LogP contribution in [-0.4, -0.2) is 55.7 Å². The van der Waals surface area contributed by atoms with Crippen molar-refractivity contribution in [3.05, 3.63) is 59.9 Å². The molecule has 7 nitrogen and oxygen atoms in total. The third-order valence-corrected chi connectivity index (χ3v) is 6.86. The number of hydrogen-bond acceptors (Lipinski definition) is 4. The minimum atomic E-state index is -4.73. The number of carbonyl (C=O) groups is 2. The average molecular weight is 487 g/mol. The first-order valence-corrected chi connectivity index (χ1v) is 11.4. The van der Waals surface area contributed by atoms with E-state index in [1.807, 2.05) is 0 Å². The zero-order chi connectivity index (χ0) is 24.4. The molecule has 0 unspecified atom stereocenters. The number of nitrogens with zero attached hydrogens (tertiary/aromatic N) is 3. The molecule has 0 saturated carbocycles. The van der Waals surface area contributed by atoms with Crippen molar-refractivity contribution in [2.45, 2.75) is 24.4 Å². The molecule has 12 heteroatoms. The van der Waals surface area contributed by atoms with Gasteiger partial charge in [0, 0.05) is 12.2 Å². The minimum absolute atomic E-state index is 0.103. The average Bonchev–Trinajstić information content (AvgIpc) is 3.15. The fourth-order valence-corrected chi connectivity index (χ4v) is 4.86. The predicted molar refractivity (Wildman–Crippen MR) is 111 cm³/mol. The first-order valence-electron chi connectivity index (χ1n) is 9.94. The van der Waals surface area contributed by atoms with E-state index < -0.39 is 50.8 Å². The molecule has 1 saturated heterocycles. The van der Waals surface area contributed by atoms with Crippen LogP contribution in [0, 0.1) is 5.82 Å². The first-order chi connectivity index (χ1) is 15.4. The van der Waals surface area contributed by atoms with E-state index in [1.54, 1.807) is 6.92 Å². The van der Waals surface area contributed by atoms with E-state index in [9.17, 15) is 35.6 Å². The van der Waals surface area contributed by atoms with Crippen molar-refractivity contribution in [1.82, 2.24) is 9.21 Å². The quantitative estimate of drug-likeness (QED) is 0.563. The summed E-state index contributed by atoms with van der Waals surface area (Å²) in [5, 5.41) is 0. The highest BCUT2D eigenvalue weighted by Crippen LogP contribution is 2.31. The maximum atomic E-state index is 13.1. The summed E-state index contributed by atoms with van der Waals surface area (Å²) in [6.45, 7) is 0.451. The highest BCUT2D eigenvalue weighted by atomic mass is 32.2. The Morgan fingerprint density at radius 3 is 2.39 bits per heavy atom. The van der Waals surface area contributed by atoms with E-state index in [0.717, 1.165) is 39.5 Å². The lowest BCUT2D eigenvalue weighted by Crippen LogP contribution is -2.43. The van der Waals surface area contributed by atoms with Gasteiger partial charge < -0.3 is 4.90 Å². The summed E-state index contributed by atoms with van der Waals surface area (Å²) in [6, 6.07) is 8.39. The highest BCUT2D eigenvalue weighted by Gasteiger charge is 2.36. The van der Waals surface area contributed by atoms with Gasteiger partial charge in [-0.3, -0.25) is 14.5 Å². The Bertz CT molecular complexity index is 1140. The van der Waals surface area contributed by atoms with Gasteiger partial charge in [0.25, 0.3) is 0 Å². The second kappa shape index (κ2) is 9.48. The molecule has 2 aromatic carbocycles. The molecule has 0 N–H and O–H groups in total. The lowest BCUT2D eigenvalue weighted by molar-refractivity contribution is -0.137. The van der Waals surface area contributed by atoms with Crippen molar-refractivity contribution < 1.29 is 35.6 Å². The van der Waals surface area contributed by atoms with Gasteiger partial charge in [0.2, 0.25) is 21.8 Å². The van der Waals surface area contributed by atoms with Gasteiger partial charge in [0.15, 0.2) is 0 Å². The summed E-state index contributed by atoms with van der Waals surface area (Å²) in [6.07, 6.45) is -4.41. The number of benzene rings is 2. The number of carbonyl (C=O) groups excluding carboxylic acids is 2. The van der Waals surface area contributed by atoms with Gasteiger partial charge >= 0.3 is 6.18 Å². The van der Waals surface area contributed by atoms with E-state index in [4.69, 9.17) is 0 Å². The van der Waals surface area contributed by atoms with Crippen molar-refractivity contribution in [3.8, 4) is 0 Å². The largest absolute Gasteiger partial charge is 0.416 e. The molecule has 178 valence electrons. The molecule has 1 aliphatic heterocycles. The van der Waals surface area contributed by atoms with E-state index >= 15 is 0 Å². The molecule has 1 heterocycles. The second-order valence-electron chi connectivity index (χ2n) is 7.40. The molecule has 33 heavy (non-hydrogen) atoms. The molecule has 0 atom stereocenters. The van der Waals surface area contributed by atoms with Gasteiger partial charge in [-0.05, 0) is 48.9 Å². The van der Waals surface area contributed by atoms with Crippen LogP contribution in [-0.2, 0) is 25.8 Å². The van der Waals surface area contributed by atoms with Crippen LogP contribution in [0.4, 0.5) is 23.2 Å². The molecule has 2 aromatic rings. The number of sulfonamides is 1. The van der Waals surface area contributed by atoms with Crippen LogP contribution in [0.1, 0.15) is 18.9 Å². The standard InChI is InChI=1S/C21H21F4N3O4S/c1-2-10-27(33(31,32)18-5-3-4-15(11-18)21(23,24)25)13-19(29)26-12-20(30)28(14-26)17-8-6-16(22)7-9-17/h3-9,11H,2,10,12-14H2,1H3. The molecule has 1 fully saturated rings. The maximum absolute atomic E-state index is 13.1. The number of rotatable bonds is 7. The molecule has 0 radical (unpaired) electrons. The van der Waals surface area contributed by atoms with Gasteiger partial charge in [-0.1, -0.05) is 13.0 Å². The van der Waals surface area contributed by atoms with Gasteiger partial charge in [-0.15, -0.1) is 0 Å². The van der Waals surface area contributed by atoms with Crippen LogP contribution in [0.25, 0.3) is 0 Å². The number of halogens is 4. The third kappa shape index (κ3) is 5.50. The fraction of sp³-hybridized carbons (Fsp3) is 0.333. The Balaban J connectivity index is 1.79. The molecule has 3 rings (SSSR count). The number of amides is 2. The molecule has 2 amide bonds. The van der Waals surface area contributed by atoms with Crippen molar-refractivity contribution in [3.63, 3.8) is 0 Å². The topological polar surface area (TPSA) is 78.0 Å². The van der Waals surface area contributed by atoms with Crippen LogP contribution < -0.4 is 4.90 Å². The molecular formula is C21H21F4N3O4S. The Morgan fingerprint density at radius 2 is 1.79 bits per heavy atom. The lowest BCUT2D eigenvalue weighted by Gasteiger charge is -2.24. The first kappa shape index (κ1) is 24.6. The molecular weight excluding hydrogens is 466 g/mol. The molecule has 1 aliphatic rings. The fourth-order valence-electron chi connectivity index (χ4n) is 3.33. The SMILES string of the molecule is CCCN(CC(=O)N1CC(=O)N(c2ccc(F)cc2)C1)S(=O)(=O)c1cccc(C(F)(F)F)c1. The van der Waals surface area contributed by atoms with E-state index in [1.165, 1.54) is 17.0 Å². The zero-order valence-electron chi connectivity index (χ0n) is 17.5. The van der Waals surface area contributed by atoms with Crippen molar-refractivity contribution in [2.75, 3.05) is 31.2 Å². The summed E-state index contributed by atoms with van der Waals surface area (Å²) in [5.74, 6) is -1.61. The Morgan fingerprint density at radius 1 is 1.12 bits per heavy atom. The number of hydrogen-bond donors (Lipinski definition) is 0. The summed E-state index contributed by atoms with van der Waals surface area (Å²) in [4.78, 5) is 27.0. The van der Waals surface area contributed by atoms with E-state index in [0.29, 0.717) is 18.2 Å². The van der Waals surface area contributed by atoms with Crippen LogP contribution in [0.3, 0.4) is 0 Å². The van der Waals surface area contributed by atoms with Crippen molar-refractivity contribution >= 4 is 27.5 Å². The summed E-state index contributed by atoms with van der Waals surface area (Å²) < 4.78 is 79.0. The zero-order valence-corrected chi connectivity index (χ0v) is 18.4. The van der Waals surface area contributed by atoms with Gasteiger partial charge in [-0.2, -0.15) is 17.5 Å². The molecule has 0 bridgehead atoms. The Hall–Kier alpha value is -2.99. The van der Waals surface area contributed by atoms with Crippen LogP contribution in [0.2, 0.25) is 0 Å². The van der Waals surface area contributed by atoms with Crippen LogP contribution >= 0.6 is 0 Å². The Labute approximate surface area is 188 Å². The van der Waals surface area contributed by atoms with Crippen LogP contribution in [0.5, 0.6) is 0 Å². The predicted octanol–water partition coefficient (Wildman–Crippen LogP) is 3.08. The minimum Gasteiger partial charge on any atom is -0.314 e. The lowest BCUT2D eigenvalue weighted by atomic mass is 10.2. The highest BCUT2D eigenvalue weighted by molar-refractivity contribution is 7.89. The molecule has 0 aromatic heterocycles. The summed E-state index contributed by atoms with van der Waals surface area (Å²) in [5.41, 5.74) is -0.745. The van der Waals surface area contributed by atoms with Crippen LogP contribution in [0.15, 0.2) is 53.4 Å². The summed E-state index contributed by atoms with van der Waals surface area (Å²) >= 11 is 0. The number of alkyl halides is 3. The van der Waals surface area contributed by atoms with Crippen molar-refractivity contribution in [2.24, 2.45) is 0 Å². The molecule has 0 aliphatic carbocycles. The monoisotopic (exact) mass is 487 g/mol. The van der Waals surface area contributed by atoms with E-state index in [-0.39, 0.29) is 19.8 Å². The smallest absolute Gasteiger partial charge is 0.314 e. The number of anilines is 1. The van der Waals surface area contributed by atoms with Gasteiger partial charge in [-0.25, -0.2) is 12.8 Å². The van der Waals surface area contributed by atoms with Gasteiger partial charge in [0.1, 0.15) is 19.0 Å².